The number of amides is 2. The van der Waals surface area contributed by atoms with Crippen molar-refractivity contribution in [1.29, 1.82) is 0 Å². The highest BCUT2D eigenvalue weighted by Crippen LogP contribution is 2.38. The maximum Gasteiger partial charge on any atom is 0.313 e. The Morgan fingerprint density at radius 2 is 2.00 bits per heavy atom. The third-order valence-electron chi connectivity index (χ3n) is 3.62. The number of carbonyl (C=O) groups excluding carboxylic acids is 2. The maximum absolute atomic E-state index is 11.8. The van der Waals surface area contributed by atoms with Gasteiger partial charge in [0.05, 0.1) is 10.5 Å². The molecule has 0 aromatic heterocycles. The van der Waals surface area contributed by atoms with Crippen LogP contribution in [-0.4, -0.2) is 34.0 Å². The Bertz CT molecular complexity index is 610. The third-order valence-corrected chi connectivity index (χ3v) is 3.62. The van der Waals surface area contributed by atoms with Gasteiger partial charge in [-0.1, -0.05) is 12.1 Å². The van der Waals surface area contributed by atoms with Gasteiger partial charge in [-0.3, -0.25) is 19.7 Å². The molecule has 2 amide bonds. The standard InChI is InChI=1S/C14H17N3O5/c1-14(20,9-6-7-9)8-15-12(18)13(19)16-10-4-2-3-5-11(10)17(21)22/h2-5,9,20H,6-8H2,1H3,(H,15,18)(H,16,19). The Balaban J connectivity index is 1.94. The Morgan fingerprint density at radius 1 is 1.36 bits per heavy atom. The van der Waals surface area contributed by atoms with Crippen LogP contribution in [0.2, 0.25) is 0 Å². The molecular formula is C14H17N3O5. The van der Waals surface area contributed by atoms with Gasteiger partial charge in [0, 0.05) is 12.6 Å². The number of para-hydroxylation sites is 2. The first-order valence-electron chi connectivity index (χ1n) is 6.86. The molecule has 0 bridgehead atoms. The number of rotatable bonds is 5. The van der Waals surface area contributed by atoms with Crippen molar-refractivity contribution in [3.05, 3.63) is 34.4 Å². The molecule has 22 heavy (non-hydrogen) atoms. The Hall–Kier alpha value is -2.48. The molecule has 1 fully saturated rings. The summed E-state index contributed by atoms with van der Waals surface area (Å²) in [6.07, 6.45) is 1.79. The number of hydrogen-bond acceptors (Lipinski definition) is 5. The minimum atomic E-state index is -1.05. The van der Waals surface area contributed by atoms with E-state index in [9.17, 15) is 24.8 Å². The van der Waals surface area contributed by atoms with Crippen LogP contribution >= 0.6 is 0 Å². The van der Waals surface area contributed by atoms with Gasteiger partial charge in [-0.05, 0) is 31.7 Å². The summed E-state index contributed by atoms with van der Waals surface area (Å²) in [7, 11) is 0. The zero-order valence-corrected chi connectivity index (χ0v) is 12.0. The fraction of sp³-hybridized carbons (Fsp3) is 0.429. The molecule has 118 valence electrons. The molecule has 8 nitrogen and oxygen atoms in total. The van der Waals surface area contributed by atoms with Gasteiger partial charge < -0.3 is 15.7 Å². The Morgan fingerprint density at radius 3 is 2.59 bits per heavy atom. The van der Waals surface area contributed by atoms with E-state index in [4.69, 9.17) is 0 Å². The molecule has 0 heterocycles. The number of nitrogens with one attached hydrogen (secondary N) is 2. The van der Waals surface area contributed by atoms with E-state index in [1.54, 1.807) is 6.92 Å². The van der Waals surface area contributed by atoms with Crippen molar-refractivity contribution in [3.63, 3.8) is 0 Å². The quantitative estimate of drug-likeness (QED) is 0.422. The van der Waals surface area contributed by atoms with E-state index in [-0.39, 0.29) is 23.8 Å². The lowest BCUT2D eigenvalue weighted by atomic mass is 10.0. The summed E-state index contributed by atoms with van der Waals surface area (Å²) in [6.45, 7) is 1.56. The van der Waals surface area contributed by atoms with E-state index in [2.05, 4.69) is 10.6 Å². The van der Waals surface area contributed by atoms with Gasteiger partial charge in [0.1, 0.15) is 5.69 Å². The maximum atomic E-state index is 11.8. The van der Waals surface area contributed by atoms with Crippen molar-refractivity contribution in [3.8, 4) is 0 Å². The van der Waals surface area contributed by atoms with Crippen LogP contribution in [0.15, 0.2) is 24.3 Å². The van der Waals surface area contributed by atoms with Crippen molar-refractivity contribution in [2.75, 3.05) is 11.9 Å². The fourth-order valence-corrected chi connectivity index (χ4v) is 2.11. The monoisotopic (exact) mass is 307 g/mol. The molecule has 1 aliphatic carbocycles. The Labute approximate surface area is 126 Å². The van der Waals surface area contributed by atoms with Crippen LogP contribution in [0.1, 0.15) is 19.8 Å². The van der Waals surface area contributed by atoms with Crippen LogP contribution in [0, 0.1) is 16.0 Å². The summed E-state index contributed by atoms with van der Waals surface area (Å²) in [6, 6.07) is 5.54. The van der Waals surface area contributed by atoms with E-state index in [0.717, 1.165) is 12.8 Å². The van der Waals surface area contributed by atoms with Crippen molar-refractivity contribution >= 4 is 23.2 Å². The van der Waals surface area contributed by atoms with Gasteiger partial charge in [-0.25, -0.2) is 0 Å². The number of hydrogen-bond donors (Lipinski definition) is 3. The van der Waals surface area contributed by atoms with Crippen LogP contribution in [-0.2, 0) is 9.59 Å². The van der Waals surface area contributed by atoms with Gasteiger partial charge in [-0.15, -0.1) is 0 Å². The average Bonchev–Trinajstić information content (AvgIpc) is 3.30. The van der Waals surface area contributed by atoms with Gasteiger partial charge in [-0.2, -0.15) is 0 Å². The molecule has 1 atom stereocenters. The smallest absolute Gasteiger partial charge is 0.313 e. The van der Waals surface area contributed by atoms with Crippen LogP contribution in [0.5, 0.6) is 0 Å². The normalized spacial score (nSPS) is 16.5. The van der Waals surface area contributed by atoms with Gasteiger partial charge in [0.15, 0.2) is 0 Å². The number of nitrogens with zero attached hydrogens (tertiary/aromatic N) is 1. The Kier molecular flexibility index (Phi) is 4.41. The van der Waals surface area contributed by atoms with E-state index >= 15 is 0 Å². The zero-order chi connectivity index (χ0) is 16.3. The van der Waals surface area contributed by atoms with Crippen molar-refractivity contribution in [2.24, 2.45) is 5.92 Å². The third kappa shape index (κ3) is 3.79. The van der Waals surface area contributed by atoms with Gasteiger partial charge in [0.25, 0.3) is 5.69 Å². The van der Waals surface area contributed by atoms with E-state index in [1.165, 1.54) is 24.3 Å². The average molecular weight is 307 g/mol. The molecule has 1 aromatic rings. The minimum Gasteiger partial charge on any atom is -0.388 e. The molecular weight excluding hydrogens is 290 g/mol. The van der Waals surface area contributed by atoms with Crippen molar-refractivity contribution in [2.45, 2.75) is 25.4 Å². The first-order valence-corrected chi connectivity index (χ1v) is 6.86. The summed E-state index contributed by atoms with van der Waals surface area (Å²) in [5.41, 5.74) is -1.40. The topological polar surface area (TPSA) is 122 Å². The van der Waals surface area contributed by atoms with Crippen LogP contribution in [0.3, 0.4) is 0 Å². The SMILES string of the molecule is CC(O)(CNC(=O)C(=O)Nc1ccccc1[N+](=O)[O-])C1CC1. The lowest BCUT2D eigenvalue weighted by molar-refractivity contribution is -0.383. The summed E-state index contributed by atoms with van der Waals surface area (Å²) in [4.78, 5) is 33.7. The summed E-state index contributed by atoms with van der Waals surface area (Å²) in [5, 5.41) is 25.4. The highest BCUT2D eigenvalue weighted by molar-refractivity contribution is 6.39. The van der Waals surface area contributed by atoms with Gasteiger partial charge >= 0.3 is 11.8 Å². The zero-order valence-electron chi connectivity index (χ0n) is 12.0. The number of anilines is 1. The molecule has 8 heteroatoms. The molecule has 1 unspecified atom stereocenters. The predicted octanol–water partition coefficient (Wildman–Crippen LogP) is 0.810. The second-order valence-electron chi connectivity index (χ2n) is 5.54. The molecule has 0 aliphatic heterocycles. The first-order chi connectivity index (χ1) is 10.3. The second kappa shape index (κ2) is 6.10. The van der Waals surface area contributed by atoms with Gasteiger partial charge in [0.2, 0.25) is 0 Å². The molecule has 2 rings (SSSR count). The molecule has 1 saturated carbocycles. The fourth-order valence-electron chi connectivity index (χ4n) is 2.11. The number of nitro groups is 1. The first kappa shape index (κ1) is 15.9. The van der Waals surface area contributed by atoms with E-state index < -0.39 is 22.3 Å². The molecule has 1 aromatic carbocycles. The number of benzene rings is 1. The van der Waals surface area contributed by atoms with Crippen molar-refractivity contribution in [1.82, 2.24) is 5.32 Å². The molecule has 1 aliphatic rings. The van der Waals surface area contributed by atoms with Crippen LogP contribution in [0.4, 0.5) is 11.4 Å². The van der Waals surface area contributed by atoms with E-state index in [0.29, 0.717) is 0 Å². The summed E-state index contributed by atoms with van der Waals surface area (Å²) < 4.78 is 0. The lowest BCUT2D eigenvalue weighted by Crippen LogP contribution is -2.45. The van der Waals surface area contributed by atoms with E-state index in [1.807, 2.05) is 0 Å². The summed E-state index contributed by atoms with van der Waals surface area (Å²) >= 11 is 0. The highest BCUT2D eigenvalue weighted by Gasteiger charge is 2.40. The number of aliphatic hydroxyl groups is 1. The predicted molar refractivity (Wildman–Crippen MR) is 78.1 cm³/mol. The lowest BCUT2D eigenvalue weighted by Gasteiger charge is -2.22. The molecule has 0 spiro atoms. The number of carbonyl (C=O) groups is 2. The molecule has 3 N–H and O–H groups in total. The summed E-state index contributed by atoms with van der Waals surface area (Å²) in [5.74, 6) is -1.83. The van der Waals surface area contributed by atoms with Crippen molar-refractivity contribution < 1.29 is 19.6 Å². The minimum absolute atomic E-state index is 0.0409. The highest BCUT2D eigenvalue weighted by atomic mass is 16.6. The van der Waals surface area contributed by atoms with Crippen LogP contribution in [0.25, 0.3) is 0 Å². The van der Waals surface area contributed by atoms with Crippen LogP contribution < -0.4 is 10.6 Å². The molecule has 0 saturated heterocycles. The molecule has 0 radical (unpaired) electrons. The number of nitro benzene ring substituents is 1. The second-order valence-corrected chi connectivity index (χ2v) is 5.54. The largest absolute Gasteiger partial charge is 0.388 e.